The minimum absolute atomic E-state index is 0.0677. The van der Waals surface area contributed by atoms with Crippen molar-refractivity contribution in [1.82, 2.24) is 10.2 Å². The maximum absolute atomic E-state index is 11.7. The predicted octanol–water partition coefficient (Wildman–Crippen LogP) is 2.02. The van der Waals surface area contributed by atoms with E-state index in [4.69, 9.17) is 9.47 Å². The summed E-state index contributed by atoms with van der Waals surface area (Å²) in [6.45, 7) is 10.4. The van der Waals surface area contributed by atoms with Gasteiger partial charge in [0, 0.05) is 44.5 Å². The number of ether oxygens (including phenoxy) is 2. The summed E-state index contributed by atoms with van der Waals surface area (Å²) in [5, 5.41) is 2.91. The van der Waals surface area contributed by atoms with Gasteiger partial charge in [0.05, 0.1) is 13.2 Å². The van der Waals surface area contributed by atoms with Gasteiger partial charge in [-0.3, -0.25) is 4.90 Å². The topological polar surface area (TPSA) is 54.0 Å². The van der Waals surface area contributed by atoms with E-state index in [9.17, 15) is 4.79 Å². The third kappa shape index (κ3) is 5.34. The number of hydrogen-bond donors (Lipinski definition) is 1. The number of nitrogens with zero attached hydrogens (tertiary/aromatic N) is 2. The second-order valence-electron chi connectivity index (χ2n) is 7.07. The lowest BCUT2D eigenvalue weighted by Crippen LogP contribution is -2.48. The summed E-state index contributed by atoms with van der Waals surface area (Å²) < 4.78 is 10.2. The molecule has 0 saturated carbocycles. The summed E-state index contributed by atoms with van der Waals surface area (Å²) in [7, 11) is 0. The smallest absolute Gasteiger partial charge is 0.407 e. The van der Waals surface area contributed by atoms with Gasteiger partial charge in [-0.15, -0.1) is 0 Å². The number of amides is 1. The van der Waals surface area contributed by atoms with E-state index in [0.29, 0.717) is 13.2 Å². The number of alkyl carbamates (subject to hydrolysis) is 1. The Labute approximate surface area is 150 Å². The van der Waals surface area contributed by atoms with Gasteiger partial charge in [-0.1, -0.05) is 12.1 Å². The lowest BCUT2D eigenvalue weighted by molar-refractivity contribution is -0.0983. The number of piperazine rings is 1. The highest BCUT2D eigenvalue weighted by Crippen LogP contribution is 2.18. The SMILES string of the molecule is Cc1cccc(N2CCN(CCC(C)NC(=O)OC3COC3)CC2)c1. The largest absolute Gasteiger partial charge is 0.441 e. The summed E-state index contributed by atoms with van der Waals surface area (Å²) >= 11 is 0. The summed E-state index contributed by atoms with van der Waals surface area (Å²) in [6, 6.07) is 8.81. The number of benzene rings is 1. The molecule has 3 rings (SSSR count). The zero-order chi connectivity index (χ0) is 17.6. The molecule has 1 unspecified atom stereocenters. The van der Waals surface area contributed by atoms with Crippen molar-refractivity contribution < 1.29 is 14.3 Å². The van der Waals surface area contributed by atoms with Crippen molar-refractivity contribution in [3.8, 4) is 0 Å². The Balaban J connectivity index is 1.33. The first-order chi connectivity index (χ1) is 12.1. The molecule has 1 aromatic carbocycles. The Morgan fingerprint density at radius 2 is 2.08 bits per heavy atom. The van der Waals surface area contributed by atoms with Gasteiger partial charge in [-0.05, 0) is 38.0 Å². The summed E-state index contributed by atoms with van der Waals surface area (Å²) in [5.41, 5.74) is 2.62. The zero-order valence-corrected chi connectivity index (χ0v) is 15.2. The molecule has 2 aliphatic rings. The molecule has 2 saturated heterocycles. The van der Waals surface area contributed by atoms with Crippen LogP contribution in [0.5, 0.6) is 0 Å². The lowest BCUT2D eigenvalue weighted by atomic mass is 10.1. The van der Waals surface area contributed by atoms with Gasteiger partial charge in [0.1, 0.15) is 0 Å². The molecule has 2 aliphatic heterocycles. The van der Waals surface area contributed by atoms with Crippen LogP contribution in [0, 0.1) is 6.92 Å². The van der Waals surface area contributed by atoms with Crippen LogP contribution < -0.4 is 10.2 Å². The molecule has 6 nitrogen and oxygen atoms in total. The van der Waals surface area contributed by atoms with E-state index in [0.717, 1.165) is 39.1 Å². The van der Waals surface area contributed by atoms with Crippen molar-refractivity contribution in [2.24, 2.45) is 0 Å². The van der Waals surface area contributed by atoms with E-state index in [1.165, 1.54) is 11.3 Å². The fourth-order valence-electron chi connectivity index (χ4n) is 3.17. The monoisotopic (exact) mass is 347 g/mol. The van der Waals surface area contributed by atoms with Crippen molar-refractivity contribution in [3.05, 3.63) is 29.8 Å². The summed E-state index contributed by atoms with van der Waals surface area (Å²) in [4.78, 5) is 16.6. The number of nitrogens with one attached hydrogen (secondary N) is 1. The van der Waals surface area contributed by atoms with Crippen molar-refractivity contribution >= 4 is 11.8 Å². The van der Waals surface area contributed by atoms with Gasteiger partial charge >= 0.3 is 6.09 Å². The Hall–Kier alpha value is -1.79. The molecule has 25 heavy (non-hydrogen) atoms. The van der Waals surface area contributed by atoms with Crippen molar-refractivity contribution in [1.29, 1.82) is 0 Å². The highest BCUT2D eigenvalue weighted by atomic mass is 16.6. The molecule has 6 heteroatoms. The minimum atomic E-state index is -0.329. The molecule has 0 radical (unpaired) electrons. The number of rotatable bonds is 6. The Bertz CT molecular complexity index is 569. The highest BCUT2D eigenvalue weighted by Gasteiger charge is 2.23. The van der Waals surface area contributed by atoms with Gasteiger partial charge in [0.25, 0.3) is 0 Å². The summed E-state index contributed by atoms with van der Waals surface area (Å²) in [6.07, 6.45) is 0.535. The van der Waals surface area contributed by atoms with Crippen LogP contribution in [0.15, 0.2) is 24.3 Å². The van der Waals surface area contributed by atoms with Crippen molar-refractivity contribution in [2.75, 3.05) is 50.8 Å². The van der Waals surface area contributed by atoms with Crippen LogP contribution in [0.4, 0.5) is 10.5 Å². The van der Waals surface area contributed by atoms with E-state index in [1.54, 1.807) is 0 Å². The fourth-order valence-corrected chi connectivity index (χ4v) is 3.17. The maximum Gasteiger partial charge on any atom is 0.407 e. The molecule has 1 amide bonds. The first kappa shape index (κ1) is 18.0. The fraction of sp³-hybridized carbons (Fsp3) is 0.632. The minimum Gasteiger partial charge on any atom is -0.441 e. The molecule has 0 aliphatic carbocycles. The normalized spacial score (nSPS) is 20.0. The van der Waals surface area contributed by atoms with Crippen LogP contribution in [-0.2, 0) is 9.47 Å². The molecule has 1 N–H and O–H groups in total. The first-order valence-corrected chi connectivity index (χ1v) is 9.19. The predicted molar refractivity (Wildman–Crippen MR) is 98.1 cm³/mol. The Kier molecular flexibility index (Phi) is 6.15. The van der Waals surface area contributed by atoms with Crippen LogP contribution >= 0.6 is 0 Å². The quantitative estimate of drug-likeness (QED) is 0.853. The molecule has 0 aromatic heterocycles. The van der Waals surface area contributed by atoms with E-state index >= 15 is 0 Å². The van der Waals surface area contributed by atoms with E-state index in [2.05, 4.69) is 46.3 Å². The van der Waals surface area contributed by atoms with Crippen molar-refractivity contribution in [2.45, 2.75) is 32.4 Å². The van der Waals surface area contributed by atoms with Crippen LogP contribution in [0.25, 0.3) is 0 Å². The highest BCUT2D eigenvalue weighted by molar-refractivity contribution is 5.67. The molecule has 0 spiro atoms. The lowest BCUT2D eigenvalue weighted by Gasteiger charge is -2.36. The number of hydrogen-bond acceptors (Lipinski definition) is 5. The number of anilines is 1. The maximum atomic E-state index is 11.7. The van der Waals surface area contributed by atoms with Crippen LogP contribution in [0.1, 0.15) is 18.9 Å². The average molecular weight is 347 g/mol. The molecule has 2 heterocycles. The van der Waals surface area contributed by atoms with E-state index < -0.39 is 0 Å². The molecule has 1 atom stereocenters. The average Bonchev–Trinajstić information content (AvgIpc) is 2.57. The van der Waals surface area contributed by atoms with Gasteiger partial charge in [0.15, 0.2) is 6.10 Å². The molecular formula is C19H29N3O3. The second kappa shape index (κ2) is 8.54. The molecular weight excluding hydrogens is 318 g/mol. The Morgan fingerprint density at radius 1 is 1.32 bits per heavy atom. The Morgan fingerprint density at radius 3 is 2.72 bits per heavy atom. The summed E-state index contributed by atoms with van der Waals surface area (Å²) in [5.74, 6) is 0. The van der Waals surface area contributed by atoms with Crippen LogP contribution in [-0.4, -0.2) is 69.1 Å². The van der Waals surface area contributed by atoms with E-state index in [-0.39, 0.29) is 18.2 Å². The number of carbonyl (C=O) groups is 1. The third-order valence-electron chi connectivity index (χ3n) is 4.86. The standard InChI is InChI=1S/C19H29N3O3/c1-15-4-3-5-17(12-15)22-10-8-21(9-11-22)7-6-16(2)20-19(23)25-18-13-24-14-18/h3-5,12,16,18H,6-11,13-14H2,1-2H3,(H,20,23). The van der Waals surface area contributed by atoms with E-state index in [1.807, 2.05) is 6.92 Å². The van der Waals surface area contributed by atoms with Gasteiger partial charge in [-0.25, -0.2) is 4.79 Å². The molecule has 0 bridgehead atoms. The second-order valence-corrected chi connectivity index (χ2v) is 7.07. The van der Waals surface area contributed by atoms with Crippen LogP contribution in [0.3, 0.4) is 0 Å². The van der Waals surface area contributed by atoms with Gasteiger partial charge in [0.2, 0.25) is 0 Å². The molecule has 138 valence electrons. The van der Waals surface area contributed by atoms with Crippen LogP contribution in [0.2, 0.25) is 0 Å². The van der Waals surface area contributed by atoms with Crippen molar-refractivity contribution in [3.63, 3.8) is 0 Å². The zero-order valence-electron chi connectivity index (χ0n) is 15.2. The molecule has 1 aromatic rings. The third-order valence-corrected chi connectivity index (χ3v) is 4.86. The number of carbonyl (C=O) groups excluding carboxylic acids is 1. The first-order valence-electron chi connectivity index (χ1n) is 9.19. The van der Waals surface area contributed by atoms with Gasteiger partial charge in [-0.2, -0.15) is 0 Å². The number of aryl methyl sites for hydroxylation is 1. The van der Waals surface area contributed by atoms with Gasteiger partial charge < -0.3 is 19.7 Å². The molecule has 2 fully saturated rings.